The van der Waals surface area contributed by atoms with E-state index in [9.17, 15) is 5.11 Å². The first kappa shape index (κ1) is 18.1. The molecule has 1 unspecified atom stereocenters. The Kier molecular flexibility index (Phi) is 7.24. The summed E-state index contributed by atoms with van der Waals surface area (Å²) in [5.74, 6) is 0. The van der Waals surface area contributed by atoms with Crippen molar-refractivity contribution in [1.82, 2.24) is 4.90 Å². The maximum atomic E-state index is 10.6. The van der Waals surface area contributed by atoms with Crippen molar-refractivity contribution in [2.45, 2.75) is 26.9 Å². The first-order valence-electron chi connectivity index (χ1n) is 8.28. The summed E-state index contributed by atoms with van der Waals surface area (Å²) >= 11 is 1.70. The second kappa shape index (κ2) is 9.18. The molecular formula is C19H27NO2S. The van der Waals surface area contributed by atoms with Gasteiger partial charge in [0.1, 0.15) is 6.10 Å². The third-order valence-electron chi connectivity index (χ3n) is 4.15. The largest absolute Gasteiger partial charge is 0.386 e. The smallest absolute Gasteiger partial charge is 0.103 e. The highest BCUT2D eigenvalue weighted by Crippen LogP contribution is 2.34. The number of aliphatic hydroxyl groups is 1. The monoisotopic (exact) mass is 333 g/mol. The van der Waals surface area contributed by atoms with E-state index in [-0.39, 0.29) is 0 Å². The molecule has 23 heavy (non-hydrogen) atoms. The average Bonchev–Trinajstić information content (AvgIpc) is 3.08. The van der Waals surface area contributed by atoms with Gasteiger partial charge in [-0.15, -0.1) is 11.3 Å². The van der Waals surface area contributed by atoms with Crippen molar-refractivity contribution in [2.24, 2.45) is 0 Å². The van der Waals surface area contributed by atoms with Gasteiger partial charge < -0.3 is 14.7 Å². The molecular weight excluding hydrogens is 306 g/mol. The Morgan fingerprint density at radius 1 is 1.17 bits per heavy atom. The van der Waals surface area contributed by atoms with Crippen LogP contribution in [0.3, 0.4) is 0 Å². The highest BCUT2D eigenvalue weighted by molar-refractivity contribution is 7.13. The van der Waals surface area contributed by atoms with Crippen molar-refractivity contribution in [3.63, 3.8) is 0 Å². The molecule has 0 bridgehead atoms. The summed E-state index contributed by atoms with van der Waals surface area (Å²) in [6.07, 6.45) is -0.594. The van der Waals surface area contributed by atoms with E-state index in [2.05, 4.69) is 43.2 Å². The lowest BCUT2D eigenvalue weighted by atomic mass is 9.97. The first-order valence-corrected chi connectivity index (χ1v) is 9.16. The van der Waals surface area contributed by atoms with Gasteiger partial charge in [-0.3, -0.25) is 0 Å². The lowest BCUT2D eigenvalue weighted by Gasteiger charge is -2.20. The van der Waals surface area contributed by atoms with Crippen molar-refractivity contribution in [2.75, 3.05) is 32.8 Å². The number of hydrogen-bond acceptors (Lipinski definition) is 4. The standard InChI is InChI=1S/C19H27NO2S/c1-4-20(5-2)11-12-22-14-17(21)16-9-6-8-15(3)19(16)18-10-7-13-23-18/h6-10,13,17,21H,4-5,11-12,14H2,1-3H3. The molecule has 3 nitrogen and oxygen atoms in total. The van der Waals surface area contributed by atoms with E-state index in [0.29, 0.717) is 13.2 Å². The maximum Gasteiger partial charge on any atom is 0.103 e. The number of hydrogen-bond donors (Lipinski definition) is 1. The maximum absolute atomic E-state index is 10.6. The van der Waals surface area contributed by atoms with E-state index in [0.717, 1.165) is 30.8 Å². The minimum Gasteiger partial charge on any atom is -0.386 e. The van der Waals surface area contributed by atoms with Crippen LogP contribution in [0.25, 0.3) is 10.4 Å². The summed E-state index contributed by atoms with van der Waals surface area (Å²) in [7, 11) is 0. The third-order valence-corrected chi connectivity index (χ3v) is 5.04. The van der Waals surface area contributed by atoms with Crippen molar-refractivity contribution in [3.05, 3.63) is 46.8 Å². The molecule has 0 aliphatic heterocycles. The molecule has 1 aromatic heterocycles. The van der Waals surface area contributed by atoms with Crippen molar-refractivity contribution < 1.29 is 9.84 Å². The Bertz CT molecular complexity index is 579. The molecule has 2 rings (SSSR count). The Balaban J connectivity index is 2.00. The molecule has 4 heteroatoms. The fraction of sp³-hybridized carbons (Fsp3) is 0.474. The van der Waals surface area contributed by atoms with Gasteiger partial charge in [-0.2, -0.15) is 0 Å². The van der Waals surface area contributed by atoms with Gasteiger partial charge in [0.15, 0.2) is 0 Å². The van der Waals surface area contributed by atoms with Crippen molar-refractivity contribution in [3.8, 4) is 10.4 Å². The molecule has 0 radical (unpaired) electrons. The van der Waals surface area contributed by atoms with E-state index in [1.807, 2.05) is 18.2 Å². The topological polar surface area (TPSA) is 32.7 Å². The summed E-state index contributed by atoms with van der Waals surface area (Å²) in [5.41, 5.74) is 3.28. The summed E-state index contributed by atoms with van der Waals surface area (Å²) < 4.78 is 5.71. The normalized spacial score (nSPS) is 12.7. The van der Waals surface area contributed by atoms with E-state index in [4.69, 9.17) is 4.74 Å². The van der Waals surface area contributed by atoms with Gasteiger partial charge in [-0.1, -0.05) is 38.1 Å². The first-order chi connectivity index (χ1) is 11.2. The zero-order valence-electron chi connectivity index (χ0n) is 14.3. The molecule has 0 aliphatic carbocycles. The number of nitrogens with zero attached hydrogens (tertiary/aromatic N) is 1. The Morgan fingerprint density at radius 3 is 2.61 bits per heavy atom. The minimum atomic E-state index is -0.594. The van der Waals surface area contributed by atoms with Crippen LogP contribution < -0.4 is 0 Å². The molecule has 0 saturated heterocycles. The molecule has 1 heterocycles. The van der Waals surface area contributed by atoms with Crippen LogP contribution in [0.2, 0.25) is 0 Å². The fourth-order valence-corrected chi connectivity index (χ4v) is 3.60. The van der Waals surface area contributed by atoms with E-state index >= 15 is 0 Å². The van der Waals surface area contributed by atoms with Crippen LogP contribution in [-0.4, -0.2) is 42.9 Å². The van der Waals surface area contributed by atoms with Gasteiger partial charge in [0.2, 0.25) is 0 Å². The highest BCUT2D eigenvalue weighted by atomic mass is 32.1. The minimum absolute atomic E-state index is 0.336. The highest BCUT2D eigenvalue weighted by Gasteiger charge is 2.16. The zero-order valence-corrected chi connectivity index (χ0v) is 15.1. The average molecular weight is 333 g/mol. The summed E-state index contributed by atoms with van der Waals surface area (Å²) in [4.78, 5) is 3.51. The summed E-state index contributed by atoms with van der Waals surface area (Å²) in [5, 5.41) is 12.6. The molecule has 1 atom stereocenters. The van der Waals surface area contributed by atoms with Crippen LogP contribution in [-0.2, 0) is 4.74 Å². The Hall–Kier alpha value is -1.20. The Labute approximate surface area is 143 Å². The molecule has 0 amide bonds. The van der Waals surface area contributed by atoms with E-state index in [1.54, 1.807) is 11.3 Å². The molecule has 126 valence electrons. The quantitative estimate of drug-likeness (QED) is 0.701. The molecule has 1 aromatic carbocycles. The van der Waals surface area contributed by atoms with Gasteiger partial charge in [0.05, 0.1) is 13.2 Å². The summed E-state index contributed by atoms with van der Waals surface area (Å²) in [6, 6.07) is 10.2. The number of aliphatic hydroxyl groups excluding tert-OH is 1. The number of ether oxygens (including phenoxy) is 1. The predicted molar refractivity (Wildman–Crippen MR) is 98.1 cm³/mol. The van der Waals surface area contributed by atoms with Crippen LogP contribution in [0.5, 0.6) is 0 Å². The van der Waals surface area contributed by atoms with Gasteiger partial charge in [-0.25, -0.2) is 0 Å². The molecule has 2 aromatic rings. The molecule has 1 N–H and O–H groups in total. The number of likely N-dealkylation sites (N-methyl/N-ethyl adjacent to an activating group) is 1. The molecule has 0 saturated carbocycles. The lowest BCUT2D eigenvalue weighted by Crippen LogP contribution is -2.27. The van der Waals surface area contributed by atoms with Crippen LogP contribution in [0.15, 0.2) is 35.7 Å². The molecule has 0 spiro atoms. The van der Waals surface area contributed by atoms with Crippen LogP contribution in [0.4, 0.5) is 0 Å². The predicted octanol–water partition coefficient (Wildman–Crippen LogP) is 4.12. The fourth-order valence-electron chi connectivity index (χ4n) is 2.74. The zero-order chi connectivity index (χ0) is 16.7. The number of rotatable bonds is 9. The van der Waals surface area contributed by atoms with Gasteiger partial charge in [0.25, 0.3) is 0 Å². The lowest BCUT2D eigenvalue weighted by molar-refractivity contribution is 0.0276. The van der Waals surface area contributed by atoms with E-state index < -0.39 is 6.10 Å². The molecule has 0 aliphatic rings. The number of aryl methyl sites for hydroxylation is 1. The van der Waals surface area contributed by atoms with E-state index in [1.165, 1.54) is 10.4 Å². The van der Waals surface area contributed by atoms with Crippen LogP contribution in [0, 0.1) is 6.92 Å². The number of thiophene rings is 1. The SMILES string of the molecule is CCN(CC)CCOCC(O)c1cccc(C)c1-c1cccs1. The molecule has 0 fully saturated rings. The van der Waals surface area contributed by atoms with Crippen molar-refractivity contribution >= 4 is 11.3 Å². The third kappa shape index (κ3) is 4.88. The summed E-state index contributed by atoms with van der Waals surface area (Å²) in [6.45, 7) is 10.3. The second-order valence-electron chi connectivity index (χ2n) is 5.63. The van der Waals surface area contributed by atoms with Gasteiger partial charge in [0, 0.05) is 17.0 Å². The van der Waals surface area contributed by atoms with Gasteiger partial charge >= 0.3 is 0 Å². The van der Waals surface area contributed by atoms with Gasteiger partial charge in [-0.05, 0) is 42.6 Å². The Morgan fingerprint density at radius 2 is 1.96 bits per heavy atom. The number of benzene rings is 1. The van der Waals surface area contributed by atoms with Crippen molar-refractivity contribution in [1.29, 1.82) is 0 Å². The van der Waals surface area contributed by atoms with Crippen LogP contribution >= 0.6 is 11.3 Å². The second-order valence-corrected chi connectivity index (χ2v) is 6.58. The van der Waals surface area contributed by atoms with Crippen LogP contribution in [0.1, 0.15) is 31.1 Å².